The fourth-order valence-electron chi connectivity index (χ4n) is 3.05. The molecule has 0 saturated carbocycles. The molecule has 0 bridgehead atoms. The minimum atomic E-state index is -0.240. The largest absolute Gasteiger partial charge is 0.289 e. The Balaban J connectivity index is 1.71. The Labute approximate surface area is 182 Å². The Hall–Kier alpha value is -3.03. The first-order valence-corrected chi connectivity index (χ1v) is 10.5. The van der Waals surface area contributed by atoms with E-state index < -0.39 is 0 Å². The zero-order valence-corrected chi connectivity index (χ0v) is 18.1. The van der Waals surface area contributed by atoms with E-state index in [1.807, 2.05) is 42.5 Å². The number of amides is 1. The SMILES string of the molecule is Cc1ncn(CC(=O)N(Cc2ccccc2)c2nc3ccc(Cl)cc3s2)c(=O)c1C. The van der Waals surface area contributed by atoms with Crippen molar-refractivity contribution in [3.63, 3.8) is 0 Å². The van der Waals surface area contributed by atoms with E-state index in [0.717, 1.165) is 15.8 Å². The third-order valence-corrected chi connectivity index (χ3v) is 6.15. The van der Waals surface area contributed by atoms with E-state index in [9.17, 15) is 9.59 Å². The van der Waals surface area contributed by atoms with Gasteiger partial charge in [0.15, 0.2) is 5.13 Å². The molecule has 0 N–H and O–H groups in total. The average molecular weight is 439 g/mol. The molecule has 4 aromatic rings. The van der Waals surface area contributed by atoms with Crippen LogP contribution in [0, 0.1) is 13.8 Å². The molecule has 1 amide bonds. The highest BCUT2D eigenvalue weighted by atomic mass is 35.5. The van der Waals surface area contributed by atoms with Crippen molar-refractivity contribution in [1.29, 1.82) is 0 Å². The van der Waals surface area contributed by atoms with Crippen LogP contribution in [-0.2, 0) is 17.9 Å². The number of aryl methyl sites for hydroxylation is 1. The van der Waals surface area contributed by atoms with Crippen molar-refractivity contribution in [1.82, 2.24) is 14.5 Å². The molecule has 0 aliphatic carbocycles. The molecule has 0 unspecified atom stereocenters. The Bertz CT molecular complexity index is 1280. The second kappa shape index (κ2) is 8.38. The van der Waals surface area contributed by atoms with Crippen LogP contribution < -0.4 is 10.5 Å². The number of aromatic nitrogens is 3. The summed E-state index contributed by atoms with van der Waals surface area (Å²) in [5, 5.41) is 1.18. The predicted octanol–water partition coefficient (Wildman–Crippen LogP) is 4.36. The highest BCUT2D eigenvalue weighted by molar-refractivity contribution is 7.22. The summed E-state index contributed by atoms with van der Waals surface area (Å²) < 4.78 is 2.24. The predicted molar refractivity (Wildman–Crippen MR) is 120 cm³/mol. The van der Waals surface area contributed by atoms with E-state index >= 15 is 0 Å². The lowest BCUT2D eigenvalue weighted by Gasteiger charge is -2.20. The molecule has 0 saturated heterocycles. The van der Waals surface area contributed by atoms with Crippen LogP contribution in [0.4, 0.5) is 5.13 Å². The van der Waals surface area contributed by atoms with Crippen LogP contribution in [0.1, 0.15) is 16.8 Å². The Morgan fingerprint density at radius 3 is 2.70 bits per heavy atom. The highest BCUT2D eigenvalue weighted by Gasteiger charge is 2.21. The topological polar surface area (TPSA) is 68.1 Å². The summed E-state index contributed by atoms with van der Waals surface area (Å²) in [5.41, 5.74) is 2.72. The number of benzene rings is 2. The fourth-order valence-corrected chi connectivity index (χ4v) is 4.31. The van der Waals surface area contributed by atoms with Crippen molar-refractivity contribution in [3.05, 3.63) is 87.1 Å². The van der Waals surface area contributed by atoms with Crippen LogP contribution in [0.5, 0.6) is 0 Å². The van der Waals surface area contributed by atoms with Crippen molar-refractivity contribution >= 4 is 44.2 Å². The smallest absolute Gasteiger partial charge is 0.256 e. The number of halogens is 1. The number of anilines is 1. The van der Waals surface area contributed by atoms with E-state index in [1.165, 1.54) is 22.2 Å². The maximum absolute atomic E-state index is 13.3. The molecule has 0 atom stereocenters. The van der Waals surface area contributed by atoms with Gasteiger partial charge in [-0.3, -0.25) is 19.1 Å². The Morgan fingerprint density at radius 1 is 1.17 bits per heavy atom. The highest BCUT2D eigenvalue weighted by Crippen LogP contribution is 2.31. The lowest BCUT2D eigenvalue weighted by molar-refractivity contribution is -0.119. The standard InChI is InChI=1S/C22H19ClN4O2S/c1-14-15(2)24-13-26(21(14)29)12-20(28)27(11-16-6-4-3-5-7-16)22-25-18-9-8-17(23)10-19(18)30-22/h3-10,13H,11-12H2,1-2H3. The number of nitrogens with zero attached hydrogens (tertiary/aromatic N) is 4. The molecule has 152 valence electrons. The maximum Gasteiger partial charge on any atom is 0.256 e. The number of rotatable bonds is 5. The van der Waals surface area contributed by atoms with Crippen molar-refractivity contribution < 1.29 is 4.79 Å². The molecular formula is C22H19ClN4O2S. The van der Waals surface area contributed by atoms with Gasteiger partial charge in [0.2, 0.25) is 5.91 Å². The molecule has 0 aliphatic heterocycles. The van der Waals surface area contributed by atoms with E-state index in [0.29, 0.717) is 28.0 Å². The number of carbonyl (C=O) groups excluding carboxylic acids is 1. The fraction of sp³-hybridized carbons (Fsp3) is 0.182. The zero-order chi connectivity index (χ0) is 21.3. The first kappa shape index (κ1) is 20.3. The van der Waals surface area contributed by atoms with E-state index in [1.54, 1.807) is 24.8 Å². The third-order valence-electron chi connectivity index (χ3n) is 4.88. The Kier molecular flexibility index (Phi) is 5.65. The first-order chi connectivity index (χ1) is 14.4. The van der Waals surface area contributed by atoms with Crippen molar-refractivity contribution in [3.8, 4) is 0 Å². The quantitative estimate of drug-likeness (QED) is 0.464. The molecule has 30 heavy (non-hydrogen) atoms. The van der Waals surface area contributed by atoms with Gasteiger partial charge in [-0.15, -0.1) is 0 Å². The van der Waals surface area contributed by atoms with Gasteiger partial charge < -0.3 is 0 Å². The van der Waals surface area contributed by atoms with Crippen LogP contribution in [0.15, 0.2) is 59.7 Å². The van der Waals surface area contributed by atoms with Crippen LogP contribution >= 0.6 is 22.9 Å². The monoisotopic (exact) mass is 438 g/mol. The van der Waals surface area contributed by atoms with Crippen molar-refractivity contribution in [2.75, 3.05) is 4.90 Å². The van der Waals surface area contributed by atoms with Crippen LogP contribution in [0.25, 0.3) is 10.2 Å². The number of hydrogen-bond donors (Lipinski definition) is 0. The normalized spacial score (nSPS) is 11.0. The molecule has 2 aromatic heterocycles. The van der Waals surface area contributed by atoms with Gasteiger partial charge in [0, 0.05) is 16.3 Å². The summed E-state index contributed by atoms with van der Waals surface area (Å²) in [6, 6.07) is 15.1. The summed E-state index contributed by atoms with van der Waals surface area (Å²) in [7, 11) is 0. The second-order valence-electron chi connectivity index (χ2n) is 6.96. The second-order valence-corrected chi connectivity index (χ2v) is 8.41. The van der Waals surface area contributed by atoms with Gasteiger partial charge >= 0.3 is 0 Å². The number of hydrogen-bond acceptors (Lipinski definition) is 5. The van der Waals surface area contributed by atoms with Gasteiger partial charge in [-0.05, 0) is 37.6 Å². The molecule has 0 spiro atoms. The molecular weight excluding hydrogens is 420 g/mol. The Morgan fingerprint density at radius 2 is 1.93 bits per heavy atom. The molecule has 2 aromatic carbocycles. The van der Waals surface area contributed by atoms with Gasteiger partial charge in [-0.1, -0.05) is 53.3 Å². The minimum Gasteiger partial charge on any atom is -0.289 e. The third kappa shape index (κ3) is 4.13. The minimum absolute atomic E-state index is 0.115. The van der Waals surface area contributed by atoms with E-state index in [2.05, 4.69) is 9.97 Å². The molecule has 0 radical (unpaired) electrons. The van der Waals surface area contributed by atoms with Crippen LogP contribution in [0.2, 0.25) is 5.02 Å². The molecule has 6 nitrogen and oxygen atoms in total. The molecule has 0 fully saturated rings. The molecule has 2 heterocycles. The van der Waals surface area contributed by atoms with E-state index in [4.69, 9.17) is 11.6 Å². The van der Waals surface area contributed by atoms with Gasteiger partial charge in [-0.2, -0.15) is 0 Å². The van der Waals surface area contributed by atoms with Gasteiger partial charge in [-0.25, -0.2) is 9.97 Å². The number of thiazole rings is 1. The number of carbonyl (C=O) groups is 1. The lowest BCUT2D eigenvalue weighted by atomic mass is 10.2. The zero-order valence-electron chi connectivity index (χ0n) is 16.5. The summed E-state index contributed by atoms with van der Waals surface area (Å²) >= 11 is 7.50. The van der Waals surface area contributed by atoms with Crippen LogP contribution in [0.3, 0.4) is 0 Å². The van der Waals surface area contributed by atoms with Crippen molar-refractivity contribution in [2.24, 2.45) is 0 Å². The van der Waals surface area contributed by atoms with Gasteiger partial charge in [0.05, 0.1) is 23.1 Å². The number of fused-ring (bicyclic) bond motifs is 1. The lowest BCUT2D eigenvalue weighted by Crippen LogP contribution is -2.37. The average Bonchev–Trinajstić information content (AvgIpc) is 3.16. The summed E-state index contributed by atoms with van der Waals surface area (Å²) in [4.78, 5) is 36.3. The molecule has 8 heteroatoms. The van der Waals surface area contributed by atoms with Crippen molar-refractivity contribution in [2.45, 2.75) is 26.9 Å². The summed E-state index contributed by atoms with van der Waals surface area (Å²) in [6.45, 7) is 3.72. The maximum atomic E-state index is 13.3. The van der Waals surface area contributed by atoms with Gasteiger partial charge in [0.1, 0.15) is 6.54 Å². The molecule has 0 aliphatic rings. The summed E-state index contributed by atoms with van der Waals surface area (Å²) in [6.07, 6.45) is 1.42. The van der Waals surface area contributed by atoms with Crippen LogP contribution in [-0.4, -0.2) is 20.4 Å². The summed E-state index contributed by atoms with van der Waals surface area (Å²) in [5.74, 6) is -0.240. The van der Waals surface area contributed by atoms with E-state index in [-0.39, 0.29) is 18.0 Å². The first-order valence-electron chi connectivity index (χ1n) is 9.35. The molecule has 4 rings (SSSR count). The van der Waals surface area contributed by atoms with Gasteiger partial charge in [0.25, 0.3) is 5.56 Å².